The number of hydrogen-bond donors (Lipinski definition) is 2. The molecule has 1 saturated heterocycles. The third kappa shape index (κ3) is 3.34. The van der Waals surface area contributed by atoms with Crippen LogP contribution in [0.1, 0.15) is 12.8 Å². The Hall–Kier alpha value is -2.48. The molecule has 0 radical (unpaired) electrons. The van der Waals surface area contributed by atoms with Crippen molar-refractivity contribution >= 4 is 11.8 Å². The summed E-state index contributed by atoms with van der Waals surface area (Å²) in [7, 11) is 1.61. The molecule has 1 aliphatic carbocycles. The number of nitrogens with zero attached hydrogens (tertiary/aromatic N) is 5. The highest BCUT2D eigenvalue weighted by molar-refractivity contribution is 5.36. The summed E-state index contributed by atoms with van der Waals surface area (Å²) in [4.78, 5) is 19.3. The van der Waals surface area contributed by atoms with Crippen LogP contribution in [-0.2, 0) is 0 Å². The average Bonchev–Trinajstić information content (AvgIpc) is 3.06. The van der Waals surface area contributed by atoms with Gasteiger partial charge in [-0.15, -0.1) is 0 Å². The zero-order valence-corrected chi connectivity index (χ0v) is 14.1. The Kier molecular flexibility index (Phi) is 4.35. The molecule has 1 aliphatic heterocycles. The van der Waals surface area contributed by atoms with Crippen molar-refractivity contribution in [3.8, 4) is 5.88 Å². The van der Waals surface area contributed by atoms with Gasteiger partial charge in [-0.25, -0.2) is 9.97 Å². The smallest absolute Gasteiger partial charge is 0.228 e. The summed E-state index contributed by atoms with van der Waals surface area (Å²) >= 11 is 0. The molecule has 0 bridgehead atoms. The third-order valence-electron chi connectivity index (χ3n) is 5.15. The lowest BCUT2D eigenvalue weighted by molar-refractivity contribution is 0.0737. The molecule has 2 fully saturated rings. The summed E-state index contributed by atoms with van der Waals surface area (Å²) in [5.74, 6) is 2.91. The fourth-order valence-corrected chi connectivity index (χ4v) is 3.91. The largest absolute Gasteiger partial charge is 0.481 e. The zero-order chi connectivity index (χ0) is 17.2. The standard InChI is InChI=1S/C17H22N6O2/c1-25-16-2-3-20-17(22-16)23-9-11-6-13(14(24)7-12(11)10-23)21-15-8-18-4-5-19-15/h2-5,8,11-14,24H,6-7,9-10H2,1H3,(H,19,21)/t11-,12+,13-,14-/m1/s1. The van der Waals surface area contributed by atoms with E-state index >= 15 is 0 Å². The summed E-state index contributed by atoms with van der Waals surface area (Å²) in [6.45, 7) is 1.76. The van der Waals surface area contributed by atoms with Gasteiger partial charge in [0.25, 0.3) is 0 Å². The van der Waals surface area contributed by atoms with Gasteiger partial charge in [0.15, 0.2) is 0 Å². The van der Waals surface area contributed by atoms with Crippen LogP contribution in [0.25, 0.3) is 0 Å². The van der Waals surface area contributed by atoms with E-state index in [1.807, 2.05) is 0 Å². The van der Waals surface area contributed by atoms with Crippen LogP contribution in [0.5, 0.6) is 5.88 Å². The monoisotopic (exact) mass is 342 g/mol. The minimum atomic E-state index is -0.394. The highest BCUT2D eigenvalue weighted by atomic mass is 16.5. The second kappa shape index (κ2) is 6.79. The fourth-order valence-electron chi connectivity index (χ4n) is 3.91. The van der Waals surface area contributed by atoms with Crippen LogP contribution in [0.4, 0.5) is 11.8 Å². The minimum Gasteiger partial charge on any atom is -0.481 e. The van der Waals surface area contributed by atoms with Gasteiger partial charge in [-0.3, -0.25) is 4.98 Å². The van der Waals surface area contributed by atoms with Gasteiger partial charge in [-0.05, 0) is 24.7 Å². The Morgan fingerprint density at radius 2 is 2.00 bits per heavy atom. The van der Waals surface area contributed by atoms with E-state index in [9.17, 15) is 5.11 Å². The number of hydrogen-bond acceptors (Lipinski definition) is 8. The number of ether oxygens (including phenoxy) is 1. The van der Waals surface area contributed by atoms with E-state index in [0.29, 0.717) is 29.5 Å². The maximum Gasteiger partial charge on any atom is 0.228 e. The predicted octanol–water partition coefficient (Wildman–Crippen LogP) is 0.963. The Bertz CT molecular complexity index is 715. The zero-order valence-electron chi connectivity index (χ0n) is 14.1. The van der Waals surface area contributed by atoms with Crippen LogP contribution in [0.2, 0.25) is 0 Å². The maximum atomic E-state index is 10.5. The Labute approximate surface area is 146 Å². The molecule has 8 nitrogen and oxygen atoms in total. The molecule has 25 heavy (non-hydrogen) atoms. The molecule has 1 saturated carbocycles. The number of rotatable bonds is 4. The SMILES string of the molecule is COc1ccnc(N2C[C@H]3C[C@@H](Nc4cnccn4)[C@H](O)C[C@H]3C2)n1. The van der Waals surface area contributed by atoms with Gasteiger partial charge in [0.2, 0.25) is 11.8 Å². The first-order valence-corrected chi connectivity index (χ1v) is 8.55. The molecule has 2 N–H and O–H groups in total. The third-order valence-corrected chi connectivity index (χ3v) is 5.15. The van der Waals surface area contributed by atoms with Crippen LogP contribution in [0.3, 0.4) is 0 Å². The van der Waals surface area contributed by atoms with Crippen LogP contribution < -0.4 is 15.0 Å². The fraction of sp³-hybridized carbons (Fsp3) is 0.529. The van der Waals surface area contributed by atoms with Crippen molar-refractivity contribution in [2.75, 3.05) is 30.4 Å². The summed E-state index contributed by atoms with van der Waals surface area (Å²) in [5, 5.41) is 13.9. The van der Waals surface area contributed by atoms with Gasteiger partial charge in [-0.1, -0.05) is 0 Å². The molecule has 3 heterocycles. The molecular weight excluding hydrogens is 320 g/mol. The molecule has 2 aromatic rings. The lowest BCUT2D eigenvalue weighted by atomic mass is 9.77. The first-order valence-electron chi connectivity index (χ1n) is 8.55. The van der Waals surface area contributed by atoms with Crippen LogP contribution in [-0.4, -0.2) is 57.4 Å². The summed E-state index contributed by atoms with van der Waals surface area (Å²) in [6, 6.07) is 1.74. The van der Waals surface area contributed by atoms with Crippen molar-refractivity contribution in [3.63, 3.8) is 0 Å². The highest BCUT2D eigenvalue weighted by Gasteiger charge is 2.42. The molecule has 0 amide bonds. The molecule has 4 atom stereocenters. The molecule has 2 aliphatic rings. The molecule has 0 spiro atoms. The Morgan fingerprint density at radius 1 is 1.16 bits per heavy atom. The lowest BCUT2D eigenvalue weighted by Gasteiger charge is -2.35. The number of fused-ring (bicyclic) bond motifs is 1. The summed E-state index contributed by atoms with van der Waals surface area (Å²) < 4.78 is 5.19. The van der Waals surface area contributed by atoms with Crippen molar-refractivity contribution in [3.05, 3.63) is 30.9 Å². The van der Waals surface area contributed by atoms with E-state index in [1.165, 1.54) is 0 Å². The first-order chi connectivity index (χ1) is 12.2. The number of anilines is 2. The highest BCUT2D eigenvalue weighted by Crippen LogP contribution is 2.38. The summed E-state index contributed by atoms with van der Waals surface area (Å²) in [6.07, 6.45) is 7.96. The van der Waals surface area contributed by atoms with E-state index in [-0.39, 0.29) is 6.04 Å². The molecule has 8 heteroatoms. The molecule has 0 aromatic carbocycles. The number of aliphatic hydroxyl groups excluding tert-OH is 1. The Balaban J connectivity index is 1.44. The van der Waals surface area contributed by atoms with Gasteiger partial charge < -0.3 is 20.1 Å². The van der Waals surface area contributed by atoms with Crippen molar-refractivity contribution < 1.29 is 9.84 Å². The molecule has 132 valence electrons. The van der Waals surface area contributed by atoms with E-state index in [0.717, 1.165) is 25.9 Å². The minimum absolute atomic E-state index is 0.0101. The first kappa shape index (κ1) is 16.0. The number of nitrogens with one attached hydrogen (secondary N) is 1. The quantitative estimate of drug-likeness (QED) is 0.848. The van der Waals surface area contributed by atoms with Gasteiger partial charge in [-0.2, -0.15) is 4.98 Å². The molecular formula is C17H22N6O2. The maximum absolute atomic E-state index is 10.5. The van der Waals surface area contributed by atoms with Crippen LogP contribution in [0.15, 0.2) is 30.9 Å². The Morgan fingerprint density at radius 3 is 2.76 bits per heavy atom. The average molecular weight is 342 g/mol. The van der Waals surface area contributed by atoms with E-state index < -0.39 is 6.10 Å². The van der Waals surface area contributed by atoms with Gasteiger partial charge >= 0.3 is 0 Å². The molecule has 4 rings (SSSR count). The summed E-state index contributed by atoms with van der Waals surface area (Å²) in [5.41, 5.74) is 0. The molecule has 2 aromatic heterocycles. The topological polar surface area (TPSA) is 96.3 Å². The van der Waals surface area contributed by atoms with Crippen LogP contribution in [0, 0.1) is 11.8 Å². The number of aromatic nitrogens is 4. The van der Waals surface area contributed by atoms with E-state index in [2.05, 4.69) is 30.2 Å². The lowest BCUT2D eigenvalue weighted by Crippen LogP contribution is -2.43. The van der Waals surface area contributed by atoms with Gasteiger partial charge in [0.1, 0.15) is 5.82 Å². The molecule has 0 unspecified atom stereocenters. The number of methoxy groups -OCH3 is 1. The predicted molar refractivity (Wildman–Crippen MR) is 92.5 cm³/mol. The van der Waals surface area contributed by atoms with Crippen LogP contribution >= 0.6 is 0 Å². The second-order valence-corrected chi connectivity index (χ2v) is 6.70. The van der Waals surface area contributed by atoms with E-state index in [4.69, 9.17) is 4.74 Å². The number of aliphatic hydroxyl groups is 1. The van der Waals surface area contributed by atoms with Gasteiger partial charge in [0.05, 0.1) is 25.5 Å². The van der Waals surface area contributed by atoms with Crippen molar-refractivity contribution in [1.82, 2.24) is 19.9 Å². The second-order valence-electron chi connectivity index (χ2n) is 6.70. The van der Waals surface area contributed by atoms with Gasteiger partial charge in [0, 0.05) is 37.7 Å². The van der Waals surface area contributed by atoms with Crippen molar-refractivity contribution in [2.45, 2.75) is 25.0 Å². The van der Waals surface area contributed by atoms with E-state index in [1.54, 1.807) is 38.0 Å². The van der Waals surface area contributed by atoms with Crippen molar-refractivity contribution in [1.29, 1.82) is 0 Å². The normalized spacial score (nSPS) is 28.5. The van der Waals surface area contributed by atoms with Crippen molar-refractivity contribution in [2.24, 2.45) is 11.8 Å².